The zero-order valence-electron chi connectivity index (χ0n) is 9.67. The molecule has 0 saturated heterocycles. The number of para-hydroxylation sites is 1. The molecule has 1 rings (SSSR count). The largest absolute Gasteiger partial charge is 0.480 e. The molecule has 0 aromatic heterocycles. The minimum atomic E-state index is -3.84. The van der Waals surface area contributed by atoms with Gasteiger partial charge in [-0.3, -0.25) is 9.52 Å². The number of sulfonamides is 1. The smallest absolute Gasteiger partial charge is 0.320 e. The number of aliphatic carboxylic acids is 1. The molecule has 0 bridgehead atoms. The highest BCUT2D eigenvalue weighted by Crippen LogP contribution is 2.24. The third-order valence-electron chi connectivity index (χ3n) is 2.16. The second-order valence-corrected chi connectivity index (χ2v) is 5.72. The molecule has 5 nitrogen and oxygen atoms in total. The van der Waals surface area contributed by atoms with Gasteiger partial charge in [0, 0.05) is 0 Å². The molecule has 0 spiro atoms. The van der Waals surface area contributed by atoms with Crippen LogP contribution in [-0.4, -0.2) is 25.2 Å². The predicted octanol–water partition coefficient (Wildman–Crippen LogP) is 1.64. The van der Waals surface area contributed by atoms with Crippen molar-refractivity contribution < 1.29 is 18.3 Å². The van der Waals surface area contributed by atoms with E-state index in [1.165, 1.54) is 0 Å². The minimum Gasteiger partial charge on any atom is -0.480 e. The number of rotatable bonds is 5. The van der Waals surface area contributed by atoms with Crippen molar-refractivity contribution in [2.75, 3.05) is 10.5 Å². The first-order valence-electron chi connectivity index (χ1n) is 5.13. The highest BCUT2D eigenvalue weighted by atomic mass is 32.2. The minimum absolute atomic E-state index is 0.152. The van der Waals surface area contributed by atoms with E-state index in [1.54, 1.807) is 12.1 Å². The molecule has 0 aliphatic rings. The van der Waals surface area contributed by atoms with Crippen LogP contribution in [0.1, 0.15) is 25.3 Å². The summed E-state index contributed by atoms with van der Waals surface area (Å²) in [7, 11) is -3.84. The van der Waals surface area contributed by atoms with Crippen LogP contribution in [0.5, 0.6) is 0 Å². The number of hydrogen-bond acceptors (Lipinski definition) is 3. The monoisotopic (exact) mass is 257 g/mol. The summed E-state index contributed by atoms with van der Waals surface area (Å²) >= 11 is 0. The molecule has 2 N–H and O–H groups in total. The van der Waals surface area contributed by atoms with Gasteiger partial charge in [-0.1, -0.05) is 32.0 Å². The van der Waals surface area contributed by atoms with Crippen LogP contribution in [-0.2, 0) is 14.8 Å². The Morgan fingerprint density at radius 1 is 1.35 bits per heavy atom. The second kappa shape index (κ2) is 5.18. The highest BCUT2D eigenvalue weighted by Gasteiger charge is 2.17. The maximum atomic E-state index is 11.5. The lowest BCUT2D eigenvalue weighted by Crippen LogP contribution is -2.23. The summed E-state index contributed by atoms with van der Waals surface area (Å²) in [6.45, 7) is 3.87. The number of anilines is 1. The lowest BCUT2D eigenvalue weighted by molar-refractivity contribution is -0.134. The van der Waals surface area contributed by atoms with E-state index in [2.05, 4.69) is 4.72 Å². The first kappa shape index (κ1) is 13.5. The van der Waals surface area contributed by atoms with E-state index in [0.29, 0.717) is 5.69 Å². The average molecular weight is 257 g/mol. The van der Waals surface area contributed by atoms with Crippen molar-refractivity contribution in [3.63, 3.8) is 0 Å². The van der Waals surface area contributed by atoms with Crippen LogP contribution in [0.4, 0.5) is 5.69 Å². The molecule has 1 aromatic carbocycles. The molecule has 0 atom stereocenters. The van der Waals surface area contributed by atoms with Crippen LogP contribution in [0, 0.1) is 0 Å². The van der Waals surface area contributed by atoms with Crippen LogP contribution in [0.3, 0.4) is 0 Å². The van der Waals surface area contributed by atoms with Crippen LogP contribution in [0.15, 0.2) is 24.3 Å². The Hall–Kier alpha value is -1.56. The molecule has 0 unspecified atom stereocenters. The molecule has 94 valence electrons. The van der Waals surface area contributed by atoms with Gasteiger partial charge in [-0.15, -0.1) is 0 Å². The van der Waals surface area contributed by atoms with Gasteiger partial charge in [-0.2, -0.15) is 0 Å². The molecule has 0 heterocycles. The number of benzene rings is 1. The Bertz CT molecular complexity index is 508. The lowest BCUT2D eigenvalue weighted by atomic mass is 10.0. The molecule has 0 amide bonds. The number of carboxylic acid groups (broad SMARTS) is 1. The molecule has 17 heavy (non-hydrogen) atoms. The Kier molecular flexibility index (Phi) is 4.11. The summed E-state index contributed by atoms with van der Waals surface area (Å²) in [6, 6.07) is 6.94. The van der Waals surface area contributed by atoms with Crippen LogP contribution in [0.25, 0.3) is 0 Å². The van der Waals surface area contributed by atoms with Gasteiger partial charge in [-0.25, -0.2) is 8.42 Å². The summed E-state index contributed by atoms with van der Waals surface area (Å²) in [5, 5.41) is 8.49. The normalized spacial score (nSPS) is 11.5. The SMILES string of the molecule is CC(C)c1ccccc1NS(=O)(=O)CC(=O)O. The van der Waals surface area contributed by atoms with Crippen molar-refractivity contribution in [1.29, 1.82) is 0 Å². The van der Waals surface area contributed by atoms with E-state index in [9.17, 15) is 13.2 Å². The Morgan fingerprint density at radius 3 is 2.47 bits per heavy atom. The van der Waals surface area contributed by atoms with Gasteiger partial charge < -0.3 is 5.11 Å². The van der Waals surface area contributed by atoms with Crippen molar-refractivity contribution >= 4 is 21.7 Å². The Balaban J connectivity index is 2.99. The molecule has 0 aliphatic carbocycles. The first-order valence-corrected chi connectivity index (χ1v) is 6.78. The fraction of sp³-hybridized carbons (Fsp3) is 0.364. The summed E-state index contributed by atoms with van der Waals surface area (Å²) in [5.41, 5.74) is 1.27. The molecule has 1 aromatic rings. The molecule has 0 aliphatic heterocycles. The van der Waals surface area contributed by atoms with Gasteiger partial charge in [-0.05, 0) is 17.5 Å². The van der Waals surface area contributed by atoms with Gasteiger partial charge in [0.25, 0.3) is 0 Å². The molecular formula is C11H15NO4S. The standard InChI is InChI=1S/C11H15NO4S/c1-8(2)9-5-3-4-6-10(9)12-17(15,16)7-11(13)14/h3-6,8,12H,7H2,1-2H3,(H,13,14). The quantitative estimate of drug-likeness (QED) is 0.839. The van der Waals surface area contributed by atoms with Crippen LogP contribution in [0.2, 0.25) is 0 Å². The van der Waals surface area contributed by atoms with Gasteiger partial charge in [0.1, 0.15) is 0 Å². The molecular weight excluding hydrogens is 242 g/mol. The van der Waals surface area contributed by atoms with E-state index >= 15 is 0 Å². The maximum Gasteiger partial charge on any atom is 0.320 e. The van der Waals surface area contributed by atoms with Crippen LogP contribution >= 0.6 is 0 Å². The van der Waals surface area contributed by atoms with Crippen molar-refractivity contribution in [2.45, 2.75) is 19.8 Å². The predicted molar refractivity (Wildman–Crippen MR) is 65.6 cm³/mol. The van der Waals surface area contributed by atoms with E-state index in [-0.39, 0.29) is 5.92 Å². The highest BCUT2D eigenvalue weighted by molar-refractivity contribution is 7.93. The van der Waals surface area contributed by atoms with Gasteiger partial charge in [0.15, 0.2) is 5.75 Å². The van der Waals surface area contributed by atoms with E-state index < -0.39 is 21.7 Å². The van der Waals surface area contributed by atoms with Crippen molar-refractivity contribution in [3.8, 4) is 0 Å². The number of carboxylic acids is 1. The lowest BCUT2D eigenvalue weighted by Gasteiger charge is -2.13. The van der Waals surface area contributed by atoms with Gasteiger partial charge >= 0.3 is 5.97 Å². The summed E-state index contributed by atoms with van der Waals surface area (Å²) in [6.07, 6.45) is 0. The van der Waals surface area contributed by atoms with Gasteiger partial charge in [0.05, 0.1) is 5.69 Å². The van der Waals surface area contributed by atoms with Crippen LogP contribution < -0.4 is 4.72 Å². The molecule has 0 radical (unpaired) electrons. The zero-order chi connectivity index (χ0) is 13.1. The summed E-state index contributed by atoms with van der Waals surface area (Å²) < 4.78 is 25.3. The zero-order valence-corrected chi connectivity index (χ0v) is 10.5. The number of nitrogens with one attached hydrogen (secondary N) is 1. The summed E-state index contributed by atoms with van der Waals surface area (Å²) in [5.74, 6) is -2.15. The van der Waals surface area contributed by atoms with E-state index in [1.807, 2.05) is 26.0 Å². The topological polar surface area (TPSA) is 83.5 Å². The third kappa shape index (κ3) is 4.07. The summed E-state index contributed by atoms with van der Waals surface area (Å²) in [4.78, 5) is 10.4. The third-order valence-corrected chi connectivity index (χ3v) is 3.32. The average Bonchev–Trinajstić information content (AvgIpc) is 2.14. The van der Waals surface area contributed by atoms with Gasteiger partial charge in [0.2, 0.25) is 10.0 Å². The van der Waals surface area contributed by atoms with Crippen molar-refractivity contribution in [2.24, 2.45) is 0 Å². The molecule has 6 heteroatoms. The van der Waals surface area contributed by atoms with Crippen molar-refractivity contribution in [1.82, 2.24) is 0 Å². The van der Waals surface area contributed by atoms with Crippen molar-refractivity contribution in [3.05, 3.63) is 29.8 Å². The Morgan fingerprint density at radius 2 is 1.94 bits per heavy atom. The number of carbonyl (C=O) groups is 1. The fourth-order valence-electron chi connectivity index (χ4n) is 1.46. The number of hydrogen-bond donors (Lipinski definition) is 2. The van der Waals surface area contributed by atoms with E-state index in [0.717, 1.165) is 5.56 Å². The molecule has 0 saturated carbocycles. The maximum absolute atomic E-state index is 11.5. The Labute approximate surface area is 101 Å². The van der Waals surface area contributed by atoms with E-state index in [4.69, 9.17) is 5.11 Å². The first-order chi connectivity index (χ1) is 7.82. The fourth-order valence-corrected chi connectivity index (χ4v) is 2.38. The second-order valence-electron chi connectivity index (χ2n) is 4.00. The molecule has 0 fully saturated rings.